The Balaban J connectivity index is 4.36. The Bertz CT molecular complexity index is 849. The van der Waals surface area contributed by atoms with Gasteiger partial charge in [-0.15, -0.1) is 0 Å². The normalized spacial score (nSPS) is 13.7. The number of esters is 2. The van der Waals surface area contributed by atoms with E-state index in [1.807, 2.05) is 66.8 Å². The molecular formula is C29H45O8P. The molecule has 9 heteroatoms. The van der Waals surface area contributed by atoms with E-state index in [0.29, 0.717) is 19.3 Å². The molecule has 1 atom stereocenters. The zero-order chi connectivity index (χ0) is 28.3. The van der Waals surface area contributed by atoms with Crippen molar-refractivity contribution < 1.29 is 37.9 Å². The Labute approximate surface area is 228 Å². The molecule has 0 spiro atoms. The topological polar surface area (TPSA) is 119 Å². The lowest BCUT2D eigenvalue weighted by molar-refractivity contribution is -0.161. The van der Waals surface area contributed by atoms with Gasteiger partial charge in [0.25, 0.3) is 0 Å². The molecule has 0 aromatic heterocycles. The van der Waals surface area contributed by atoms with Gasteiger partial charge in [0.1, 0.15) is 6.61 Å². The summed E-state index contributed by atoms with van der Waals surface area (Å²) < 4.78 is 25.8. The Kier molecular flexibility index (Phi) is 23.2. The highest BCUT2D eigenvalue weighted by molar-refractivity contribution is 7.46. The number of carbonyl (C=O) groups excluding carboxylic acids is 2. The molecule has 0 amide bonds. The maximum Gasteiger partial charge on any atom is 0.469 e. The number of rotatable bonds is 22. The van der Waals surface area contributed by atoms with Gasteiger partial charge in [-0.25, -0.2) is 4.57 Å². The van der Waals surface area contributed by atoms with E-state index in [-0.39, 0.29) is 19.4 Å². The van der Waals surface area contributed by atoms with Crippen LogP contribution in [0.5, 0.6) is 0 Å². The first-order valence-corrected chi connectivity index (χ1v) is 14.8. The maximum atomic E-state index is 12.2. The minimum Gasteiger partial charge on any atom is -0.462 e. The van der Waals surface area contributed by atoms with Crippen LogP contribution in [0.15, 0.2) is 72.9 Å². The van der Waals surface area contributed by atoms with Gasteiger partial charge in [-0.3, -0.25) is 14.1 Å². The second kappa shape index (κ2) is 24.8. The van der Waals surface area contributed by atoms with Crippen LogP contribution in [0.1, 0.15) is 78.1 Å². The lowest BCUT2D eigenvalue weighted by atomic mass is 10.2. The molecule has 0 saturated heterocycles. The summed E-state index contributed by atoms with van der Waals surface area (Å²) in [5.41, 5.74) is 0. The van der Waals surface area contributed by atoms with Crippen LogP contribution in [0, 0.1) is 0 Å². The van der Waals surface area contributed by atoms with E-state index in [0.717, 1.165) is 25.7 Å². The minimum atomic E-state index is -4.76. The van der Waals surface area contributed by atoms with Crippen molar-refractivity contribution in [1.29, 1.82) is 0 Å². The zero-order valence-electron chi connectivity index (χ0n) is 22.8. The molecule has 2 N–H and O–H groups in total. The third-order valence-electron chi connectivity index (χ3n) is 4.85. The summed E-state index contributed by atoms with van der Waals surface area (Å²) in [6.07, 6.45) is 29.6. The highest BCUT2D eigenvalue weighted by atomic mass is 31.2. The SMILES string of the molecule is CC/C=C/C=C/C=C/C=C/C=C/CCCC(=O)OC(COC(=O)CC/C=C/CCCCC)COP(=O)(O)O. The van der Waals surface area contributed by atoms with E-state index < -0.39 is 32.5 Å². The molecule has 0 rings (SSSR count). The van der Waals surface area contributed by atoms with Crippen molar-refractivity contribution in [2.75, 3.05) is 13.2 Å². The lowest BCUT2D eigenvalue weighted by Gasteiger charge is -2.18. The van der Waals surface area contributed by atoms with E-state index >= 15 is 0 Å². The Morgan fingerprint density at radius 3 is 1.95 bits per heavy atom. The van der Waals surface area contributed by atoms with Crippen molar-refractivity contribution in [3.8, 4) is 0 Å². The van der Waals surface area contributed by atoms with E-state index in [1.54, 1.807) is 0 Å². The van der Waals surface area contributed by atoms with Crippen molar-refractivity contribution in [2.45, 2.75) is 84.2 Å². The molecule has 0 aliphatic rings. The summed E-state index contributed by atoms with van der Waals surface area (Å²) in [6, 6.07) is 0. The van der Waals surface area contributed by atoms with Crippen LogP contribution in [-0.2, 0) is 28.2 Å². The van der Waals surface area contributed by atoms with Gasteiger partial charge < -0.3 is 19.3 Å². The van der Waals surface area contributed by atoms with Gasteiger partial charge in [0.05, 0.1) is 6.61 Å². The molecule has 0 fully saturated rings. The number of hydrogen-bond acceptors (Lipinski definition) is 6. The molecule has 8 nitrogen and oxygen atoms in total. The molecule has 0 aliphatic heterocycles. The first-order chi connectivity index (χ1) is 18.3. The fraction of sp³-hybridized carbons (Fsp3) is 0.517. The summed E-state index contributed by atoms with van der Waals surface area (Å²) in [5, 5.41) is 0. The molecule has 214 valence electrons. The molecule has 0 saturated carbocycles. The number of allylic oxidation sites excluding steroid dienone is 12. The minimum absolute atomic E-state index is 0.104. The van der Waals surface area contributed by atoms with Crippen molar-refractivity contribution >= 4 is 19.8 Å². The van der Waals surface area contributed by atoms with Gasteiger partial charge >= 0.3 is 19.8 Å². The van der Waals surface area contributed by atoms with Crippen molar-refractivity contribution in [1.82, 2.24) is 0 Å². The van der Waals surface area contributed by atoms with Crippen LogP contribution in [-0.4, -0.2) is 41.0 Å². The summed E-state index contributed by atoms with van der Waals surface area (Å²) in [6.45, 7) is 3.30. The van der Waals surface area contributed by atoms with E-state index in [4.69, 9.17) is 19.3 Å². The second-order valence-electron chi connectivity index (χ2n) is 8.40. The zero-order valence-corrected chi connectivity index (χ0v) is 23.7. The van der Waals surface area contributed by atoms with E-state index in [1.165, 1.54) is 6.42 Å². The standard InChI is InChI=1S/C29H45O8P/c1-3-5-7-9-11-12-13-14-15-16-18-20-22-24-29(31)37-27(26-36-38(32,33)34)25-35-28(30)23-21-19-17-10-8-6-4-2/h5,7,9,11-19,27H,3-4,6,8,10,20-26H2,1-2H3,(H2,32,33,34)/b7-5+,11-9+,13-12+,15-14+,18-16+,19-17+. The van der Waals surface area contributed by atoms with Crippen LogP contribution in [0.25, 0.3) is 0 Å². The summed E-state index contributed by atoms with van der Waals surface area (Å²) in [5.74, 6) is -1.05. The fourth-order valence-electron chi connectivity index (χ4n) is 2.89. The third kappa shape index (κ3) is 26.6. The van der Waals surface area contributed by atoms with Crippen molar-refractivity contribution in [3.63, 3.8) is 0 Å². The molecular weight excluding hydrogens is 507 g/mol. The summed E-state index contributed by atoms with van der Waals surface area (Å²) >= 11 is 0. The number of ether oxygens (including phenoxy) is 2. The number of phosphoric acid groups is 1. The smallest absolute Gasteiger partial charge is 0.462 e. The second-order valence-corrected chi connectivity index (χ2v) is 9.64. The molecule has 0 radical (unpaired) electrons. The van der Waals surface area contributed by atoms with E-state index in [2.05, 4.69) is 24.4 Å². The van der Waals surface area contributed by atoms with Crippen LogP contribution in [0.4, 0.5) is 0 Å². The van der Waals surface area contributed by atoms with Gasteiger partial charge in [-0.2, -0.15) is 0 Å². The molecule has 0 aromatic carbocycles. The number of phosphoric ester groups is 1. The average molecular weight is 553 g/mol. The van der Waals surface area contributed by atoms with Crippen LogP contribution in [0.3, 0.4) is 0 Å². The number of hydrogen-bond donors (Lipinski definition) is 2. The molecule has 38 heavy (non-hydrogen) atoms. The van der Waals surface area contributed by atoms with Gasteiger partial charge in [0.2, 0.25) is 0 Å². The number of carbonyl (C=O) groups is 2. The quantitative estimate of drug-likeness (QED) is 0.0493. The molecule has 0 heterocycles. The Hall–Kier alpha value is -2.51. The predicted molar refractivity (Wildman–Crippen MR) is 151 cm³/mol. The van der Waals surface area contributed by atoms with Gasteiger partial charge in [-0.1, -0.05) is 99.6 Å². The van der Waals surface area contributed by atoms with Gasteiger partial charge in [0.15, 0.2) is 6.10 Å². The first kappa shape index (κ1) is 35.5. The molecule has 0 bridgehead atoms. The van der Waals surface area contributed by atoms with Gasteiger partial charge in [-0.05, 0) is 38.5 Å². The Morgan fingerprint density at radius 2 is 1.32 bits per heavy atom. The maximum absolute atomic E-state index is 12.2. The monoisotopic (exact) mass is 552 g/mol. The van der Waals surface area contributed by atoms with Gasteiger partial charge in [0, 0.05) is 12.8 Å². The van der Waals surface area contributed by atoms with Crippen LogP contribution >= 0.6 is 7.82 Å². The van der Waals surface area contributed by atoms with E-state index in [9.17, 15) is 14.2 Å². The summed E-state index contributed by atoms with van der Waals surface area (Å²) in [4.78, 5) is 42.0. The fourth-order valence-corrected chi connectivity index (χ4v) is 3.25. The van der Waals surface area contributed by atoms with Crippen molar-refractivity contribution in [3.05, 3.63) is 72.9 Å². The van der Waals surface area contributed by atoms with Crippen LogP contribution in [0.2, 0.25) is 0 Å². The number of unbranched alkanes of at least 4 members (excludes halogenated alkanes) is 4. The highest BCUT2D eigenvalue weighted by Crippen LogP contribution is 2.35. The molecule has 0 aliphatic carbocycles. The third-order valence-corrected chi connectivity index (χ3v) is 5.34. The predicted octanol–water partition coefficient (Wildman–Crippen LogP) is 6.83. The van der Waals surface area contributed by atoms with Crippen LogP contribution < -0.4 is 0 Å². The molecule has 1 unspecified atom stereocenters. The lowest BCUT2D eigenvalue weighted by Crippen LogP contribution is -2.29. The molecule has 0 aromatic rings. The average Bonchev–Trinajstić information content (AvgIpc) is 2.87. The first-order valence-electron chi connectivity index (χ1n) is 13.3. The highest BCUT2D eigenvalue weighted by Gasteiger charge is 2.22. The largest absolute Gasteiger partial charge is 0.469 e. The van der Waals surface area contributed by atoms with Crippen molar-refractivity contribution in [2.24, 2.45) is 0 Å². The summed E-state index contributed by atoms with van der Waals surface area (Å²) in [7, 11) is -4.76. The Morgan fingerprint density at radius 1 is 0.711 bits per heavy atom.